The summed E-state index contributed by atoms with van der Waals surface area (Å²) in [6, 6.07) is 6.03. The molecule has 0 saturated carbocycles. The number of piperidine rings is 1. The van der Waals surface area contributed by atoms with Crippen molar-refractivity contribution in [2.75, 3.05) is 18.0 Å². The van der Waals surface area contributed by atoms with Gasteiger partial charge in [-0.1, -0.05) is 0 Å². The molecule has 4 rings (SSSR count). The van der Waals surface area contributed by atoms with E-state index in [2.05, 4.69) is 31.0 Å². The molecule has 0 unspecified atom stereocenters. The highest BCUT2D eigenvalue weighted by Crippen LogP contribution is 2.29. The summed E-state index contributed by atoms with van der Waals surface area (Å²) >= 11 is 0. The van der Waals surface area contributed by atoms with E-state index in [0.717, 1.165) is 43.2 Å². The molecule has 0 spiro atoms. The number of hydrogen-bond donors (Lipinski definition) is 0. The molecular formula is C16H18N6. The zero-order valence-electron chi connectivity index (χ0n) is 12.6. The number of rotatable bonds is 2. The van der Waals surface area contributed by atoms with Crippen molar-refractivity contribution in [2.24, 2.45) is 0 Å². The van der Waals surface area contributed by atoms with Gasteiger partial charge in [0, 0.05) is 43.2 Å². The Kier molecular flexibility index (Phi) is 3.21. The fourth-order valence-electron chi connectivity index (χ4n) is 3.19. The van der Waals surface area contributed by atoms with Crippen LogP contribution in [0.15, 0.2) is 36.8 Å². The van der Waals surface area contributed by atoms with Gasteiger partial charge < -0.3 is 4.90 Å². The minimum absolute atomic E-state index is 0.518. The Balaban J connectivity index is 1.53. The molecule has 0 amide bonds. The average Bonchev–Trinajstić information content (AvgIpc) is 3.04. The Morgan fingerprint density at radius 3 is 2.64 bits per heavy atom. The molecule has 1 aliphatic rings. The maximum Gasteiger partial charge on any atom is 0.155 e. The average molecular weight is 294 g/mol. The van der Waals surface area contributed by atoms with Crippen molar-refractivity contribution in [1.29, 1.82) is 0 Å². The lowest BCUT2D eigenvalue weighted by atomic mass is 9.93. The van der Waals surface area contributed by atoms with Crippen molar-refractivity contribution in [3.8, 4) is 0 Å². The highest BCUT2D eigenvalue weighted by atomic mass is 15.3. The molecule has 112 valence electrons. The van der Waals surface area contributed by atoms with E-state index >= 15 is 0 Å². The number of hydrogen-bond acceptors (Lipinski definition) is 5. The second-order valence-electron chi connectivity index (χ2n) is 5.69. The highest BCUT2D eigenvalue weighted by molar-refractivity contribution is 5.40. The molecule has 6 nitrogen and oxygen atoms in total. The lowest BCUT2D eigenvalue weighted by Gasteiger charge is -2.33. The summed E-state index contributed by atoms with van der Waals surface area (Å²) in [6.07, 6.45) is 7.72. The van der Waals surface area contributed by atoms with Crippen LogP contribution < -0.4 is 4.90 Å². The Labute approximate surface area is 128 Å². The third-order valence-electron chi connectivity index (χ3n) is 4.32. The van der Waals surface area contributed by atoms with Gasteiger partial charge in [-0.15, -0.1) is 0 Å². The van der Waals surface area contributed by atoms with Crippen LogP contribution in [0.1, 0.15) is 30.3 Å². The third kappa shape index (κ3) is 2.30. The topological polar surface area (TPSA) is 59.2 Å². The zero-order chi connectivity index (χ0) is 14.9. The summed E-state index contributed by atoms with van der Waals surface area (Å²) < 4.78 is 1.97. The molecule has 0 bridgehead atoms. The van der Waals surface area contributed by atoms with Crippen molar-refractivity contribution in [2.45, 2.75) is 25.7 Å². The molecular weight excluding hydrogens is 276 g/mol. The molecule has 0 atom stereocenters. The molecule has 0 N–H and O–H groups in total. The van der Waals surface area contributed by atoms with Crippen LogP contribution in [-0.4, -0.2) is 37.7 Å². The predicted molar refractivity (Wildman–Crippen MR) is 83.9 cm³/mol. The van der Waals surface area contributed by atoms with E-state index in [4.69, 9.17) is 0 Å². The number of aryl methyl sites for hydroxylation is 1. The van der Waals surface area contributed by atoms with Gasteiger partial charge in [-0.2, -0.15) is 5.10 Å². The summed E-state index contributed by atoms with van der Waals surface area (Å²) in [5, 5.41) is 4.40. The molecule has 1 aliphatic heterocycles. The minimum atomic E-state index is 0.518. The van der Waals surface area contributed by atoms with Crippen LogP contribution in [0.2, 0.25) is 0 Å². The van der Waals surface area contributed by atoms with Crippen LogP contribution in [-0.2, 0) is 0 Å². The summed E-state index contributed by atoms with van der Waals surface area (Å²) in [5.74, 6) is 2.38. The number of anilines is 1. The summed E-state index contributed by atoms with van der Waals surface area (Å²) in [5.41, 5.74) is 2.18. The second-order valence-corrected chi connectivity index (χ2v) is 5.69. The first-order chi connectivity index (χ1) is 10.8. The second kappa shape index (κ2) is 5.36. The van der Waals surface area contributed by atoms with Gasteiger partial charge in [0.05, 0.1) is 6.20 Å². The van der Waals surface area contributed by atoms with E-state index < -0.39 is 0 Å². The van der Waals surface area contributed by atoms with E-state index in [0.29, 0.717) is 5.92 Å². The number of fused-ring (bicyclic) bond motifs is 1. The maximum absolute atomic E-state index is 4.52. The van der Waals surface area contributed by atoms with E-state index in [-0.39, 0.29) is 0 Å². The highest BCUT2D eigenvalue weighted by Gasteiger charge is 2.23. The number of nitrogens with zero attached hydrogens (tertiary/aromatic N) is 6. The molecule has 0 aliphatic carbocycles. The van der Waals surface area contributed by atoms with Crippen LogP contribution in [0.25, 0.3) is 5.65 Å². The van der Waals surface area contributed by atoms with Gasteiger partial charge in [0.25, 0.3) is 0 Å². The van der Waals surface area contributed by atoms with Crippen LogP contribution in [0.4, 0.5) is 5.82 Å². The third-order valence-corrected chi connectivity index (χ3v) is 4.32. The summed E-state index contributed by atoms with van der Waals surface area (Å²) in [4.78, 5) is 15.4. The normalized spacial score (nSPS) is 16.3. The zero-order valence-corrected chi connectivity index (χ0v) is 12.6. The lowest BCUT2D eigenvalue weighted by molar-refractivity contribution is 0.484. The Bertz CT molecular complexity index is 788. The molecule has 0 aromatic carbocycles. The van der Waals surface area contributed by atoms with Gasteiger partial charge in [-0.3, -0.25) is 0 Å². The van der Waals surface area contributed by atoms with Crippen molar-refractivity contribution < 1.29 is 0 Å². The van der Waals surface area contributed by atoms with E-state index in [1.165, 1.54) is 5.69 Å². The standard InChI is InChI=1S/C16H18N6/c1-12-17-8-3-16(20-12)21-10-5-13(6-11-21)14-2-7-18-15-4-9-19-22(14)15/h2-4,7-9,13H,5-6,10-11H2,1H3. The summed E-state index contributed by atoms with van der Waals surface area (Å²) in [6.45, 7) is 3.94. The Morgan fingerprint density at radius 1 is 1.00 bits per heavy atom. The molecule has 4 heterocycles. The first-order valence-electron chi connectivity index (χ1n) is 7.64. The van der Waals surface area contributed by atoms with Crippen LogP contribution >= 0.6 is 0 Å². The molecule has 3 aromatic heterocycles. The quantitative estimate of drug-likeness (QED) is 0.725. The van der Waals surface area contributed by atoms with Gasteiger partial charge >= 0.3 is 0 Å². The first-order valence-corrected chi connectivity index (χ1v) is 7.64. The molecule has 1 saturated heterocycles. The van der Waals surface area contributed by atoms with Crippen LogP contribution in [0.3, 0.4) is 0 Å². The van der Waals surface area contributed by atoms with Gasteiger partial charge in [0.15, 0.2) is 5.65 Å². The fourth-order valence-corrected chi connectivity index (χ4v) is 3.19. The van der Waals surface area contributed by atoms with Crippen LogP contribution in [0, 0.1) is 6.92 Å². The van der Waals surface area contributed by atoms with Crippen molar-refractivity contribution in [1.82, 2.24) is 24.6 Å². The summed E-state index contributed by atoms with van der Waals surface area (Å²) in [7, 11) is 0. The van der Waals surface area contributed by atoms with E-state index in [9.17, 15) is 0 Å². The van der Waals surface area contributed by atoms with Gasteiger partial charge in [0.1, 0.15) is 11.6 Å². The fraction of sp³-hybridized carbons (Fsp3) is 0.375. The molecule has 3 aromatic rings. The SMILES string of the molecule is Cc1nccc(N2CCC(c3ccnc4ccnn34)CC2)n1. The first kappa shape index (κ1) is 13.2. The van der Waals surface area contributed by atoms with Gasteiger partial charge in [-0.25, -0.2) is 19.5 Å². The smallest absolute Gasteiger partial charge is 0.155 e. The monoisotopic (exact) mass is 294 g/mol. The largest absolute Gasteiger partial charge is 0.356 e. The number of aromatic nitrogens is 5. The van der Waals surface area contributed by atoms with Crippen molar-refractivity contribution >= 4 is 11.5 Å². The van der Waals surface area contributed by atoms with Gasteiger partial charge in [-0.05, 0) is 31.9 Å². The van der Waals surface area contributed by atoms with E-state index in [1.807, 2.05) is 42.2 Å². The van der Waals surface area contributed by atoms with Crippen molar-refractivity contribution in [3.63, 3.8) is 0 Å². The van der Waals surface area contributed by atoms with Crippen molar-refractivity contribution in [3.05, 3.63) is 48.3 Å². The minimum Gasteiger partial charge on any atom is -0.356 e. The lowest BCUT2D eigenvalue weighted by Crippen LogP contribution is -2.34. The molecule has 1 fully saturated rings. The Morgan fingerprint density at radius 2 is 1.82 bits per heavy atom. The molecule has 22 heavy (non-hydrogen) atoms. The Hall–Kier alpha value is -2.50. The molecule has 0 radical (unpaired) electrons. The molecule has 6 heteroatoms. The van der Waals surface area contributed by atoms with Gasteiger partial charge in [0.2, 0.25) is 0 Å². The van der Waals surface area contributed by atoms with E-state index in [1.54, 1.807) is 0 Å². The predicted octanol–water partition coefficient (Wildman–Crippen LogP) is 2.21. The van der Waals surface area contributed by atoms with Crippen LogP contribution in [0.5, 0.6) is 0 Å². The maximum atomic E-state index is 4.52.